The van der Waals surface area contributed by atoms with E-state index in [2.05, 4.69) is 20.9 Å². The molecule has 90 valence electrons. The predicted molar refractivity (Wildman–Crippen MR) is 71.9 cm³/mol. The van der Waals surface area contributed by atoms with Crippen LogP contribution in [-0.4, -0.2) is 15.3 Å². The molecule has 4 heteroatoms. The van der Waals surface area contributed by atoms with Gasteiger partial charge in [0.2, 0.25) is 0 Å². The highest BCUT2D eigenvalue weighted by Gasteiger charge is 2.21. The van der Waals surface area contributed by atoms with E-state index in [9.17, 15) is 4.79 Å². The summed E-state index contributed by atoms with van der Waals surface area (Å²) in [6, 6.07) is 3.91. The first-order valence-corrected chi connectivity index (χ1v) is 6.31. The third-order valence-electron chi connectivity index (χ3n) is 2.74. The van der Waals surface area contributed by atoms with Crippen molar-refractivity contribution in [1.82, 2.24) is 9.55 Å². The van der Waals surface area contributed by atoms with Crippen molar-refractivity contribution >= 4 is 32.7 Å². The van der Waals surface area contributed by atoms with Gasteiger partial charge < -0.3 is 4.57 Å². The van der Waals surface area contributed by atoms with E-state index in [0.29, 0.717) is 6.54 Å². The van der Waals surface area contributed by atoms with E-state index < -0.39 is 0 Å². The third-order valence-corrected chi connectivity index (χ3v) is 3.17. The Kier molecular flexibility index (Phi) is 3.08. The second-order valence-electron chi connectivity index (χ2n) is 5.17. The van der Waals surface area contributed by atoms with E-state index >= 15 is 0 Å². The Morgan fingerprint density at radius 3 is 2.82 bits per heavy atom. The number of pyridine rings is 1. The number of carbonyl (C=O) groups is 1. The maximum absolute atomic E-state index is 12.0. The fourth-order valence-corrected chi connectivity index (χ4v) is 1.89. The molecule has 0 aliphatic carbocycles. The van der Waals surface area contributed by atoms with Crippen LogP contribution >= 0.6 is 15.9 Å². The number of carbonyl (C=O) groups excluding carboxylic acids is 1. The smallest absolute Gasteiger partial charge is 0.157 e. The van der Waals surface area contributed by atoms with Crippen LogP contribution in [-0.2, 0) is 11.3 Å². The minimum atomic E-state index is -0.309. The normalized spacial score (nSPS) is 12.0. The van der Waals surface area contributed by atoms with Crippen LogP contribution in [0.15, 0.2) is 29.0 Å². The van der Waals surface area contributed by atoms with Crippen LogP contribution in [0, 0.1) is 5.41 Å². The van der Waals surface area contributed by atoms with Crippen molar-refractivity contribution in [2.24, 2.45) is 5.41 Å². The molecule has 17 heavy (non-hydrogen) atoms. The second-order valence-corrected chi connectivity index (χ2v) is 6.09. The summed E-state index contributed by atoms with van der Waals surface area (Å²) in [5.74, 6) is 0.218. The first-order chi connectivity index (χ1) is 7.88. The molecule has 2 rings (SSSR count). The maximum Gasteiger partial charge on any atom is 0.157 e. The Balaban J connectivity index is 2.37. The van der Waals surface area contributed by atoms with E-state index in [4.69, 9.17) is 0 Å². The summed E-state index contributed by atoms with van der Waals surface area (Å²) in [7, 11) is 0. The fraction of sp³-hybridized carbons (Fsp3) is 0.385. The lowest BCUT2D eigenvalue weighted by Crippen LogP contribution is -2.24. The fourth-order valence-electron chi connectivity index (χ4n) is 1.57. The summed E-state index contributed by atoms with van der Waals surface area (Å²) in [6.07, 6.45) is 3.67. The lowest BCUT2D eigenvalue weighted by atomic mass is 9.91. The third kappa shape index (κ3) is 2.57. The Morgan fingerprint density at radius 2 is 2.18 bits per heavy atom. The number of hydrogen-bond acceptors (Lipinski definition) is 2. The first kappa shape index (κ1) is 12.3. The average Bonchev–Trinajstić information content (AvgIpc) is 2.60. The number of rotatable bonds is 2. The summed E-state index contributed by atoms with van der Waals surface area (Å²) in [5, 5.41) is 0. The summed E-state index contributed by atoms with van der Waals surface area (Å²) < 4.78 is 2.87. The molecule has 3 nitrogen and oxygen atoms in total. The largest absolute Gasteiger partial charge is 0.339 e. The molecular weight excluding hydrogens is 280 g/mol. The van der Waals surface area contributed by atoms with Crippen LogP contribution < -0.4 is 0 Å². The maximum atomic E-state index is 12.0. The van der Waals surface area contributed by atoms with E-state index in [-0.39, 0.29) is 11.2 Å². The van der Waals surface area contributed by atoms with E-state index in [1.165, 1.54) is 0 Å². The zero-order valence-electron chi connectivity index (χ0n) is 10.2. The van der Waals surface area contributed by atoms with Crippen LogP contribution in [0.25, 0.3) is 11.0 Å². The van der Waals surface area contributed by atoms with Gasteiger partial charge in [-0.1, -0.05) is 20.8 Å². The molecule has 0 aromatic carbocycles. The van der Waals surface area contributed by atoms with Gasteiger partial charge >= 0.3 is 0 Å². The van der Waals surface area contributed by atoms with E-state index in [0.717, 1.165) is 15.5 Å². The zero-order valence-corrected chi connectivity index (χ0v) is 11.8. The van der Waals surface area contributed by atoms with Gasteiger partial charge in [-0.15, -0.1) is 0 Å². The molecule has 2 heterocycles. The monoisotopic (exact) mass is 294 g/mol. The Bertz CT molecular complexity index is 566. The molecule has 0 saturated heterocycles. The number of fused-ring (bicyclic) bond motifs is 1. The number of nitrogens with zero attached hydrogens (tertiary/aromatic N) is 2. The number of hydrogen-bond donors (Lipinski definition) is 0. The van der Waals surface area contributed by atoms with Crippen LogP contribution in [0.2, 0.25) is 0 Å². The van der Waals surface area contributed by atoms with E-state index in [1.54, 1.807) is 6.20 Å². The van der Waals surface area contributed by atoms with Crippen molar-refractivity contribution in [1.29, 1.82) is 0 Å². The van der Waals surface area contributed by atoms with Crippen molar-refractivity contribution in [2.75, 3.05) is 0 Å². The van der Waals surface area contributed by atoms with Gasteiger partial charge in [-0.3, -0.25) is 9.78 Å². The van der Waals surface area contributed by atoms with Gasteiger partial charge in [-0.2, -0.15) is 0 Å². The lowest BCUT2D eigenvalue weighted by molar-refractivity contribution is -0.126. The molecule has 0 saturated carbocycles. The van der Waals surface area contributed by atoms with Gasteiger partial charge in [0.25, 0.3) is 0 Å². The highest BCUT2D eigenvalue weighted by Crippen LogP contribution is 2.21. The average molecular weight is 295 g/mol. The summed E-state index contributed by atoms with van der Waals surface area (Å²) in [5.41, 5.74) is 1.59. The summed E-state index contributed by atoms with van der Waals surface area (Å²) >= 11 is 3.40. The van der Waals surface area contributed by atoms with Gasteiger partial charge in [0.1, 0.15) is 0 Å². The van der Waals surface area contributed by atoms with Crippen LogP contribution in [0.4, 0.5) is 0 Å². The number of halogens is 1. The molecule has 0 N–H and O–H groups in total. The van der Waals surface area contributed by atoms with Gasteiger partial charge in [0.15, 0.2) is 5.78 Å². The molecule has 0 unspecified atom stereocenters. The van der Waals surface area contributed by atoms with Crippen LogP contribution in [0.1, 0.15) is 20.8 Å². The summed E-state index contributed by atoms with van der Waals surface area (Å²) in [4.78, 5) is 16.3. The molecule has 2 aromatic rings. The van der Waals surface area contributed by atoms with Crippen molar-refractivity contribution in [3.63, 3.8) is 0 Å². The van der Waals surface area contributed by atoms with Gasteiger partial charge in [0.05, 0.1) is 17.6 Å². The minimum absolute atomic E-state index is 0.218. The standard InChI is InChI=1S/C13H15BrN2O/c1-13(2,3)12(17)8-16-5-4-10-11(16)6-9(14)7-15-10/h4-7H,8H2,1-3H3. The Hall–Kier alpha value is -1.16. The Labute approximate surface area is 109 Å². The molecule has 2 aromatic heterocycles. The molecule has 0 atom stereocenters. The summed E-state index contributed by atoms with van der Waals surface area (Å²) in [6.45, 7) is 6.21. The SMILES string of the molecule is CC(C)(C)C(=O)Cn1ccc2ncc(Br)cc21. The Morgan fingerprint density at radius 1 is 1.47 bits per heavy atom. The highest BCUT2D eigenvalue weighted by molar-refractivity contribution is 9.10. The molecule has 0 fully saturated rings. The van der Waals surface area contributed by atoms with Gasteiger partial charge in [-0.25, -0.2) is 0 Å². The highest BCUT2D eigenvalue weighted by atomic mass is 79.9. The van der Waals surface area contributed by atoms with E-state index in [1.807, 2.05) is 43.7 Å². The van der Waals surface area contributed by atoms with Gasteiger partial charge in [0, 0.05) is 22.3 Å². The van der Waals surface area contributed by atoms with Crippen molar-refractivity contribution in [2.45, 2.75) is 27.3 Å². The molecule has 0 amide bonds. The molecule has 0 radical (unpaired) electrons. The predicted octanol–water partition coefficient (Wildman–Crippen LogP) is 3.41. The number of ketones is 1. The minimum Gasteiger partial charge on any atom is -0.339 e. The van der Waals surface area contributed by atoms with Crippen LogP contribution in [0.5, 0.6) is 0 Å². The lowest BCUT2D eigenvalue weighted by Gasteiger charge is -2.17. The second kappa shape index (κ2) is 4.26. The van der Waals surface area contributed by atoms with Gasteiger partial charge in [-0.05, 0) is 28.1 Å². The molecule has 0 spiro atoms. The number of Topliss-reactive ketones (excluding diaryl/α,β-unsaturated/α-hetero) is 1. The van der Waals surface area contributed by atoms with Crippen molar-refractivity contribution in [3.05, 3.63) is 29.0 Å². The van der Waals surface area contributed by atoms with Crippen molar-refractivity contribution < 1.29 is 4.79 Å². The quantitative estimate of drug-likeness (QED) is 0.851. The van der Waals surface area contributed by atoms with Crippen LogP contribution in [0.3, 0.4) is 0 Å². The number of aromatic nitrogens is 2. The molecular formula is C13H15BrN2O. The zero-order chi connectivity index (χ0) is 12.6. The topological polar surface area (TPSA) is 34.9 Å². The molecule has 0 aliphatic rings. The molecule has 0 aliphatic heterocycles. The molecule has 0 bridgehead atoms. The first-order valence-electron chi connectivity index (χ1n) is 5.51. The van der Waals surface area contributed by atoms with Crippen molar-refractivity contribution in [3.8, 4) is 0 Å².